The minimum absolute atomic E-state index is 0.561. The highest BCUT2D eigenvalue weighted by Crippen LogP contribution is 2.39. The smallest absolute Gasteiger partial charge is 0.134 e. The Labute approximate surface area is 137 Å². The van der Waals surface area contributed by atoms with Crippen molar-refractivity contribution in [2.45, 2.75) is 25.7 Å². The van der Waals surface area contributed by atoms with Crippen LogP contribution < -0.4 is 0 Å². The fraction of sp³-hybridized carbons (Fsp3) is 0.250. The zero-order chi connectivity index (χ0) is 14.8. The third-order valence-electron chi connectivity index (χ3n) is 3.58. The van der Waals surface area contributed by atoms with E-state index in [2.05, 4.69) is 11.1 Å². The fourth-order valence-electron chi connectivity index (χ4n) is 2.51. The van der Waals surface area contributed by atoms with E-state index in [1.54, 1.807) is 35.8 Å². The maximum absolute atomic E-state index is 9.40. The van der Waals surface area contributed by atoms with Gasteiger partial charge in [-0.3, -0.25) is 0 Å². The predicted molar refractivity (Wildman–Crippen MR) is 89.4 cm³/mol. The molecule has 0 amide bonds. The van der Waals surface area contributed by atoms with E-state index in [0.717, 1.165) is 24.3 Å². The first-order valence-corrected chi connectivity index (χ1v) is 8.30. The molecule has 3 rings (SSSR count). The summed E-state index contributed by atoms with van der Waals surface area (Å²) in [6.45, 7) is 0. The van der Waals surface area contributed by atoms with Crippen LogP contribution in [-0.4, -0.2) is 6.21 Å². The minimum atomic E-state index is 0.561. The number of rotatable bonds is 2. The lowest BCUT2D eigenvalue weighted by Crippen LogP contribution is -1.99. The molecule has 1 aliphatic carbocycles. The molecule has 2 nitrogen and oxygen atoms in total. The number of fused-ring (bicyclic) bond motifs is 1. The van der Waals surface area contributed by atoms with Crippen molar-refractivity contribution < 1.29 is 0 Å². The highest BCUT2D eigenvalue weighted by atomic mass is 35.5. The van der Waals surface area contributed by atoms with Crippen LogP contribution in [0.15, 0.2) is 23.2 Å². The van der Waals surface area contributed by atoms with Crippen LogP contribution in [-0.2, 0) is 12.8 Å². The van der Waals surface area contributed by atoms with Gasteiger partial charge >= 0.3 is 0 Å². The van der Waals surface area contributed by atoms with Gasteiger partial charge in [-0.2, -0.15) is 5.26 Å². The van der Waals surface area contributed by atoms with Crippen molar-refractivity contribution in [3.8, 4) is 6.07 Å². The maximum atomic E-state index is 9.40. The van der Waals surface area contributed by atoms with E-state index in [1.807, 2.05) is 0 Å². The molecule has 1 aromatic heterocycles. The van der Waals surface area contributed by atoms with Crippen LogP contribution in [0.1, 0.15) is 34.4 Å². The van der Waals surface area contributed by atoms with Crippen LogP contribution in [0.25, 0.3) is 0 Å². The molecule has 0 N–H and O–H groups in total. The molecule has 0 saturated carbocycles. The summed E-state index contributed by atoms with van der Waals surface area (Å²) in [5, 5.41) is 11.3. The number of nitriles is 1. The molecule has 0 saturated heterocycles. The van der Waals surface area contributed by atoms with Crippen molar-refractivity contribution in [3.05, 3.63) is 49.8 Å². The normalized spacial score (nSPS) is 14.1. The van der Waals surface area contributed by atoms with E-state index < -0.39 is 0 Å². The van der Waals surface area contributed by atoms with Gasteiger partial charge in [0.2, 0.25) is 0 Å². The average molecular weight is 335 g/mol. The summed E-state index contributed by atoms with van der Waals surface area (Å²) < 4.78 is 0. The molecule has 21 heavy (non-hydrogen) atoms. The number of benzene rings is 1. The standard InChI is InChI=1S/C16H12Cl2N2S/c17-13-5-3-6-14(18)12(13)9-20-16-11(8-19)10-4-1-2-7-15(10)21-16/h3,5-6,9H,1-2,4,7H2/b20-9+. The Balaban J connectivity index is 2.01. The lowest BCUT2D eigenvalue weighted by Gasteiger charge is -2.09. The van der Waals surface area contributed by atoms with E-state index in [4.69, 9.17) is 23.2 Å². The van der Waals surface area contributed by atoms with Crippen LogP contribution in [0.5, 0.6) is 0 Å². The molecule has 1 heterocycles. The predicted octanol–water partition coefficient (Wildman–Crippen LogP) is 5.56. The molecular formula is C16H12Cl2N2S. The second-order valence-electron chi connectivity index (χ2n) is 4.90. The van der Waals surface area contributed by atoms with Gasteiger partial charge in [0.05, 0.1) is 15.6 Å². The molecule has 1 aliphatic rings. The Morgan fingerprint density at radius 2 is 1.90 bits per heavy atom. The summed E-state index contributed by atoms with van der Waals surface area (Å²) in [6, 6.07) is 7.65. The largest absolute Gasteiger partial charge is 0.244 e. The van der Waals surface area contributed by atoms with Crippen LogP contribution >= 0.6 is 34.5 Å². The van der Waals surface area contributed by atoms with Crippen molar-refractivity contribution in [1.29, 1.82) is 5.26 Å². The first-order valence-electron chi connectivity index (χ1n) is 6.73. The molecule has 0 radical (unpaired) electrons. The molecule has 106 valence electrons. The summed E-state index contributed by atoms with van der Waals surface area (Å²) in [5.41, 5.74) is 2.59. The van der Waals surface area contributed by atoms with Gasteiger partial charge in [0.1, 0.15) is 11.1 Å². The Morgan fingerprint density at radius 3 is 2.62 bits per heavy atom. The van der Waals surface area contributed by atoms with Crippen LogP contribution in [0.3, 0.4) is 0 Å². The number of hydrogen-bond donors (Lipinski definition) is 0. The van der Waals surface area contributed by atoms with E-state index in [0.29, 0.717) is 21.2 Å². The number of thiophene rings is 1. The molecule has 0 atom stereocenters. The Morgan fingerprint density at radius 1 is 1.19 bits per heavy atom. The van der Waals surface area contributed by atoms with Crippen molar-refractivity contribution in [3.63, 3.8) is 0 Å². The number of nitrogens with zero attached hydrogens (tertiary/aromatic N) is 2. The molecule has 5 heteroatoms. The summed E-state index contributed by atoms with van der Waals surface area (Å²) in [4.78, 5) is 5.78. The molecule has 0 spiro atoms. The number of aliphatic imine (C=N–C) groups is 1. The SMILES string of the molecule is N#Cc1c(/N=C/c2c(Cl)cccc2Cl)sc2c1CCCC2. The Hall–Kier alpha value is -1.34. The quantitative estimate of drug-likeness (QED) is 0.662. The second-order valence-corrected chi connectivity index (χ2v) is 6.79. The van der Waals surface area contributed by atoms with E-state index >= 15 is 0 Å². The summed E-state index contributed by atoms with van der Waals surface area (Å²) >= 11 is 13.9. The first kappa shape index (κ1) is 14.6. The lowest BCUT2D eigenvalue weighted by atomic mass is 9.96. The van der Waals surface area contributed by atoms with Crippen molar-refractivity contribution in [2.24, 2.45) is 4.99 Å². The number of hydrogen-bond acceptors (Lipinski definition) is 3. The monoisotopic (exact) mass is 334 g/mol. The number of halogens is 2. The number of aryl methyl sites for hydroxylation is 1. The van der Waals surface area contributed by atoms with Crippen molar-refractivity contribution in [1.82, 2.24) is 0 Å². The average Bonchev–Trinajstić information content (AvgIpc) is 2.84. The van der Waals surface area contributed by atoms with Gasteiger partial charge in [0.15, 0.2) is 0 Å². The molecule has 1 aromatic carbocycles. The molecule has 0 aliphatic heterocycles. The third-order valence-corrected chi connectivity index (χ3v) is 5.43. The summed E-state index contributed by atoms with van der Waals surface area (Å²) in [6.07, 6.45) is 6.03. The van der Waals surface area contributed by atoms with Gasteiger partial charge in [-0.05, 0) is 43.4 Å². The molecular weight excluding hydrogens is 323 g/mol. The summed E-state index contributed by atoms with van der Waals surface area (Å²) in [5.74, 6) is 0. The van der Waals surface area contributed by atoms with Crippen molar-refractivity contribution >= 4 is 45.8 Å². The highest BCUT2D eigenvalue weighted by Gasteiger charge is 2.20. The Bertz CT molecular complexity index is 736. The molecule has 0 fully saturated rings. The zero-order valence-electron chi connectivity index (χ0n) is 11.2. The second kappa shape index (κ2) is 6.19. The molecule has 0 bridgehead atoms. The first-order chi connectivity index (χ1) is 10.2. The van der Waals surface area contributed by atoms with Crippen molar-refractivity contribution in [2.75, 3.05) is 0 Å². The molecule has 2 aromatic rings. The van der Waals surface area contributed by atoms with Crippen LogP contribution in [0, 0.1) is 11.3 Å². The van der Waals surface area contributed by atoms with Gasteiger partial charge in [0, 0.05) is 16.7 Å². The third kappa shape index (κ3) is 2.85. The van der Waals surface area contributed by atoms with Gasteiger partial charge in [0.25, 0.3) is 0 Å². The van der Waals surface area contributed by atoms with Crippen LogP contribution in [0.2, 0.25) is 10.0 Å². The topological polar surface area (TPSA) is 36.1 Å². The van der Waals surface area contributed by atoms with Gasteiger partial charge in [-0.15, -0.1) is 11.3 Å². The molecule has 0 unspecified atom stereocenters. The lowest BCUT2D eigenvalue weighted by molar-refractivity contribution is 0.696. The zero-order valence-corrected chi connectivity index (χ0v) is 13.5. The highest BCUT2D eigenvalue weighted by molar-refractivity contribution is 7.16. The van der Waals surface area contributed by atoms with Crippen LogP contribution in [0.4, 0.5) is 5.00 Å². The maximum Gasteiger partial charge on any atom is 0.134 e. The van der Waals surface area contributed by atoms with Gasteiger partial charge < -0.3 is 0 Å². The minimum Gasteiger partial charge on any atom is -0.244 e. The van der Waals surface area contributed by atoms with E-state index in [-0.39, 0.29) is 0 Å². The van der Waals surface area contributed by atoms with E-state index in [9.17, 15) is 5.26 Å². The Kier molecular flexibility index (Phi) is 4.30. The fourth-order valence-corrected chi connectivity index (χ4v) is 4.19. The van der Waals surface area contributed by atoms with E-state index in [1.165, 1.54) is 16.9 Å². The van der Waals surface area contributed by atoms with Gasteiger partial charge in [-0.1, -0.05) is 29.3 Å². The summed E-state index contributed by atoms with van der Waals surface area (Å²) in [7, 11) is 0. The van der Waals surface area contributed by atoms with Gasteiger partial charge in [-0.25, -0.2) is 4.99 Å².